The summed E-state index contributed by atoms with van der Waals surface area (Å²) >= 11 is 1.93. The van der Waals surface area contributed by atoms with E-state index in [1.165, 1.54) is 0 Å². The molecule has 0 radical (unpaired) electrons. The van der Waals surface area contributed by atoms with Crippen LogP contribution in [0.25, 0.3) is 0 Å². The number of carbonyl (C=O) groups excluding carboxylic acids is 1. The predicted molar refractivity (Wildman–Crippen MR) is 41.8 cm³/mol. The minimum Gasteiger partial charge on any atom is -0.329 e. The Bertz CT molecular complexity index is 190. The minimum absolute atomic E-state index is 0.302. The highest BCUT2D eigenvalue weighted by molar-refractivity contribution is 8.01. The maximum Gasteiger partial charge on any atom is 0.226 e. The van der Waals surface area contributed by atoms with Crippen LogP contribution in [0.15, 0.2) is 0 Å². The summed E-state index contributed by atoms with van der Waals surface area (Å²) < 4.78 is 0.302. The van der Waals surface area contributed by atoms with Crippen LogP contribution in [0.1, 0.15) is 20.3 Å². The molecular formula is C7H11NOS. The first-order chi connectivity index (χ1) is 4.58. The van der Waals surface area contributed by atoms with Crippen LogP contribution in [0.4, 0.5) is 0 Å². The number of thioether (sulfide) groups is 1. The lowest BCUT2D eigenvalue weighted by molar-refractivity contribution is -0.140. The van der Waals surface area contributed by atoms with Gasteiger partial charge in [-0.1, -0.05) is 0 Å². The van der Waals surface area contributed by atoms with Crippen molar-refractivity contribution in [1.29, 1.82) is 0 Å². The number of β-lactam (4-membered cyclic amide) rings is 1. The fourth-order valence-corrected chi connectivity index (χ4v) is 3.03. The summed E-state index contributed by atoms with van der Waals surface area (Å²) in [5.41, 5.74) is 0. The van der Waals surface area contributed by atoms with E-state index in [4.69, 9.17) is 0 Å². The molecule has 2 aliphatic heterocycles. The predicted octanol–water partition coefficient (Wildman–Crippen LogP) is 1.07. The van der Waals surface area contributed by atoms with E-state index in [-0.39, 0.29) is 0 Å². The molecule has 3 heteroatoms. The van der Waals surface area contributed by atoms with E-state index in [1.54, 1.807) is 0 Å². The molecule has 0 spiro atoms. The van der Waals surface area contributed by atoms with Gasteiger partial charge in [0.2, 0.25) is 5.91 Å². The second-order valence-electron chi connectivity index (χ2n) is 3.56. The third kappa shape index (κ3) is 0.764. The van der Waals surface area contributed by atoms with E-state index >= 15 is 0 Å². The molecule has 2 saturated heterocycles. The third-order valence-corrected chi connectivity index (χ3v) is 3.48. The first kappa shape index (κ1) is 6.53. The molecule has 0 aliphatic carbocycles. The van der Waals surface area contributed by atoms with Gasteiger partial charge in [-0.2, -0.15) is 0 Å². The van der Waals surface area contributed by atoms with Crippen LogP contribution in [-0.2, 0) is 4.79 Å². The van der Waals surface area contributed by atoms with Crippen LogP contribution in [0.2, 0.25) is 0 Å². The smallest absolute Gasteiger partial charge is 0.226 e. The molecule has 1 atom stereocenters. The van der Waals surface area contributed by atoms with Crippen LogP contribution < -0.4 is 0 Å². The van der Waals surface area contributed by atoms with Crippen molar-refractivity contribution in [2.45, 2.75) is 30.4 Å². The maximum absolute atomic E-state index is 10.9. The SMILES string of the molecule is CC1(C)CN2C(=O)CC2S1. The normalized spacial score (nSPS) is 35.6. The Labute approximate surface area is 65.0 Å². The van der Waals surface area contributed by atoms with E-state index in [0.29, 0.717) is 16.0 Å². The lowest BCUT2D eigenvalue weighted by Gasteiger charge is -2.32. The van der Waals surface area contributed by atoms with Crippen molar-refractivity contribution >= 4 is 17.7 Å². The number of hydrogen-bond acceptors (Lipinski definition) is 2. The van der Waals surface area contributed by atoms with Gasteiger partial charge in [0.25, 0.3) is 0 Å². The first-order valence-electron chi connectivity index (χ1n) is 3.56. The molecule has 2 aliphatic rings. The van der Waals surface area contributed by atoms with Gasteiger partial charge in [0.15, 0.2) is 0 Å². The molecule has 0 bridgehead atoms. The van der Waals surface area contributed by atoms with E-state index in [1.807, 2.05) is 16.7 Å². The first-order valence-corrected chi connectivity index (χ1v) is 4.44. The third-order valence-electron chi connectivity index (χ3n) is 2.02. The van der Waals surface area contributed by atoms with Gasteiger partial charge in [-0.25, -0.2) is 0 Å². The summed E-state index contributed by atoms with van der Waals surface area (Å²) in [5, 5.41) is 0.516. The van der Waals surface area contributed by atoms with Crippen LogP contribution in [0, 0.1) is 0 Å². The number of hydrogen-bond donors (Lipinski definition) is 0. The van der Waals surface area contributed by atoms with Crippen molar-refractivity contribution in [1.82, 2.24) is 4.90 Å². The highest BCUT2D eigenvalue weighted by Gasteiger charge is 2.48. The van der Waals surface area contributed by atoms with Crippen LogP contribution in [0.5, 0.6) is 0 Å². The molecule has 1 amide bonds. The summed E-state index contributed by atoms with van der Waals surface area (Å²) in [6.45, 7) is 5.34. The van der Waals surface area contributed by atoms with Gasteiger partial charge in [0.05, 0.1) is 11.8 Å². The van der Waals surface area contributed by atoms with Gasteiger partial charge >= 0.3 is 0 Å². The molecule has 2 fully saturated rings. The quantitative estimate of drug-likeness (QED) is 0.490. The molecule has 0 saturated carbocycles. The Kier molecular flexibility index (Phi) is 1.11. The van der Waals surface area contributed by atoms with Crippen LogP contribution >= 0.6 is 11.8 Å². The number of fused-ring (bicyclic) bond motifs is 1. The molecule has 10 heavy (non-hydrogen) atoms. The number of carbonyl (C=O) groups is 1. The highest BCUT2D eigenvalue weighted by Crippen LogP contribution is 2.45. The molecule has 2 rings (SSSR count). The van der Waals surface area contributed by atoms with E-state index in [0.717, 1.165) is 13.0 Å². The Morgan fingerprint density at radius 1 is 1.70 bits per heavy atom. The van der Waals surface area contributed by atoms with Crippen molar-refractivity contribution in [3.8, 4) is 0 Å². The fourth-order valence-electron chi connectivity index (χ4n) is 1.54. The lowest BCUT2D eigenvalue weighted by Crippen LogP contribution is -2.47. The minimum atomic E-state index is 0.302. The molecule has 1 unspecified atom stereocenters. The monoisotopic (exact) mass is 157 g/mol. The fraction of sp³-hybridized carbons (Fsp3) is 0.857. The van der Waals surface area contributed by atoms with Gasteiger partial charge in [-0.15, -0.1) is 11.8 Å². The molecular weight excluding hydrogens is 146 g/mol. The second-order valence-corrected chi connectivity index (χ2v) is 5.44. The van der Waals surface area contributed by atoms with Gasteiger partial charge in [0, 0.05) is 11.3 Å². The molecule has 56 valence electrons. The Hall–Kier alpha value is -0.180. The highest BCUT2D eigenvalue weighted by atomic mass is 32.2. The van der Waals surface area contributed by atoms with Crippen molar-refractivity contribution in [2.75, 3.05) is 6.54 Å². The van der Waals surface area contributed by atoms with Crippen LogP contribution in [0.3, 0.4) is 0 Å². The summed E-state index contributed by atoms with van der Waals surface area (Å²) in [6, 6.07) is 0. The zero-order valence-electron chi connectivity index (χ0n) is 6.26. The summed E-state index contributed by atoms with van der Waals surface area (Å²) in [6.07, 6.45) is 0.772. The number of nitrogens with zero attached hydrogens (tertiary/aromatic N) is 1. The van der Waals surface area contributed by atoms with Crippen molar-refractivity contribution in [2.24, 2.45) is 0 Å². The van der Waals surface area contributed by atoms with E-state index in [9.17, 15) is 4.79 Å². The second kappa shape index (κ2) is 1.70. The Morgan fingerprint density at radius 2 is 2.40 bits per heavy atom. The summed E-state index contributed by atoms with van der Waals surface area (Å²) in [7, 11) is 0. The van der Waals surface area contributed by atoms with Gasteiger partial charge in [-0.05, 0) is 13.8 Å². The van der Waals surface area contributed by atoms with E-state index < -0.39 is 0 Å². The van der Waals surface area contributed by atoms with E-state index in [2.05, 4.69) is 13.8 Å². The molecule has 2 nitrogen and oxygen atoms in total. The number of amides is 1. The summed E-state index contributed by atoms with van der Waals surface area (Å²) in [4.78, 5) is 12.9. The Morgan fingerprint density at radius 3 is 2.80 bits per heavy atom. The zero-order chi connectivity index (χ0) is 7.35. The van der Waals surface area contributed by atoms with Gasteiger partial charge < -0.3 is 4.90 Å². The van der Waals surface area contributed by atoms with Crippen molar-refractivity contribution in [3.63, 3.8) is 0 Å². The summed E-state index contributed by atoms with van der Waals surface area (Å²) in [5.74, 6) is 0.336. The average molecular weight is 157 g/mol. The van der Waals surface area contributed by atoms with Crippen molar-refractivity contribution < 1.29 is 4.79 Å². The molecule has 0 N–H and O–H groups in total. The molecule has 0 aromatic carbocycles. The van der Waals surface area contributed by atoms with Gasteiger partial charge in [-0.3, -0.25) is 4.79 Å². The zero-order valence-corrected chi connectivity index (χ0v) is 7.07. The topological polar surface area (TPSA) is 20.3 Å². The molecule has 0 aromatic heterocycles. The largest absolute Gasteiger partial charge is 0.329 e. The van der Waals surface area contributed by atoms with Crippen molar-refractivity contribution in [3.05, 3.63) is 0 Å². The standard InChI is InChI=1S/C7H11NOS/c1-7(2)4-8-5(9)3-6(8)10-7/h6H,3-4H2,1-2H3. The maximum atomic E-state index is 10.9. The van der Waals surface area contributed by atoms with Gasteiger partial charge in [0.1, 0.15) is 0 Å². The lowest BCUT2D eigenvalue weighted by atomic mass is 10.1. The Balaban J connectivity index is 2.12. The molecule has 2 heterocycles. The number of rotatable bonds is 0. The molecule has 0 aromatic rings. The average Bonchev–Trinajstić information content (AvgIpc) is 2.04. The van der Waals surface area contributed by atoms with Crippen LogP contribution in [-0.4, -0.2) is 27.5 Å².